The third-order valence-electron chi connectivity index (χ3n) is 4.04. The summed E-state index contributed by atoms with van der Waals surface area (Å²) in [6.45, 7) is 13.9. The van der Waals surface area contributed by atoms with E-state index < -0.39 is 0 Å². The molecule has 1 amide bonds. The molecule has 3 nitrogen and oxygen atoms in total. The van der Waals surface area contributed by atoms with Crippen molar-refractivity contribution in [3.63, 3.8) is 0 Å². The van der Waals surface area contributed by atoms with Crippen molar-refractivity contribution in [3.05, 3.63) is 0 Å². The molecule has 0 spiro atoms. The maximum atomic E-state index is 12.2. The van der Waals surface area contributed by atoms with Gasteiger partial charge in [0.05, 0.1) is 0 Å². The molecule has 1 rings (SSSR count). The predicted octanol–water partition coefficient (Wildman–Crippen LogP) is 2.61. The first-order valence-corrected chi connectivity index (χ1v) is 7.59. The van der Waals surface area contributed by atoms with Gasteiger partial charge in [-0.2, -0.15) is 0 Å². The van der Waals surface area contributed by atoms with Gasteiger partial charge < -0.3 is 4.90 Å². The fourth-order valence-corrected chi connectivity index (χ4v) is 2.53. The molecule has 0 N–H and O–H groups in total. The zero-order chi connectivity index (χ0) is 13.5. The highest BCUT2D eigenvalue weighted by atomic mass is 16.2. The Hall–Kier alpha value is -0.570. The average molecular weight is 254 g/mol. The molecular weight excluding hydrogens is 224 g/mol. The van der Waals surface area contributed by atoms with Crippen LogP contribution in [0.15, 0.2) is 0 Å². The molecule has 1 heterocycles. The van der Waals surface area contributed by atoms with Crippen LogP contribution in [-0.4, -0.2) is 48.4 Å². The Bertz CT molecular complexity index is 241. The number of carbonyl (C=O) groups excluding carboxylic acids is 1. The molecule has 0 unspecified atom stereocenters. The number of hydrogen-bond acceptors (Lipinski definition) is 2. The maximum Gasteiger partial charge on any atom is 0.225 e. The topological polar surface area (TPSA) is 23.6 Å². The molecule has 1 aliphatic rings. The highest BCUT2D eigenvalue weighted by Gasteiger charge is 2.25. The van der Waals surface area contributed by atoms with Crippen LogP contribution >= 0.6 is 0 Å². The number of piperazine rings is 1. The Morgan fingerprint density at radius 2 is 1.61 bits per heavy atom. The van der Waals surface area contributed by atoms with Crippen LogP contribution < -0.4 is 0 Å². The second-order valence-electron chi connectivity index (χ2n) is 5.86. The van der Waals surface area contributed by atoms with E-state index in [1.807, 2.05) is 0 Å². The van der Waals surface area contributed by atoms with E-state index in [9.17, 15) is 4.79 Å². The molecule has 0 radical (unpaired) electrons. The van der Waals surface area contributed by atoms with Crippen molar-refractivity contribution < 1.29 is 4.79 Å². The monoisotopic (exact) mass is 254 g/mol. The van der Waals surface area contributed by atoms with Gasteiger partial charge in [-0.1, -0.05) is 27.7 Å². The SMILES string of the molecule is CCC(CC)C(=O)N1CCN(CCC(C)C)CC1. The zero-order valence-electron chi connectivity index (χ0n) is 12.6. The summed E-state index contributed by atoms with van der Waals surface area (Å²) in [5, 5.41) is 0. The van der Waals surface area contributed by atoms with Gasteiger partial charge in [0, 0.05) is 32.1 Å². The Kier molecular flexibility index (Phi) is 6.69. The molecule has 0 saturated carbocycles. The smallest absolute Gasteiger partial charge is 0.225 e. The summed E-state index contributed by atoms with van der Waals surface area (Å²) >= 11 is 0. The Balaban J connectivity index is 2.32. The largest absolute Gasteiger partial charge is 0.340 e. The number of carbonyl (C=O) groups is 1. The number of nitrogens with zero attached hydrogens (tertiary/aromatic N) is 2. The Morgan fingerprint density at radius 1 is 1.06 bits per heavy atom. The van der Waals surface area contributed by atoms with Crippen LogP contribution in [0.4, 0.5) is 0 Å². The first kappa shape index (κ1) is 15.5. The van der Waals surface area contributed by atoms with Gasteiger partial charge >= 0.3 is 0 Å². The van der Waals surface area contributed by atoms with E-state index in [4.69, 9.17) is 0 Å². The summed E-state index contributed by atoms with van der Waals surface area (Å²) in [5.74, 6) is 1.39. The second kappa shape index (κ2) is 7.78. The molecule has 0 aromatic heterocycles. The molecule has 0 aromatic carbocycles. The van der Waals surface area contributed by atoms with Crippen molar-refractivity contribution in [2.75, 3.05) is 32.7 Å². The maximum absolute atomic E-state index is 12.2. The lowest BCUT2D eigenvalue weighted by atomic mass is 10.0. The van der Waals surface area contributed by atoms with Crippen LogP contribution in [0.25, 0.3) is 0 Å². The predicted molar refractivity (Wildman–Crippen MR) is 76.5 cm³/mol. The van der Waals surface area contributed by atoms with E-state index in [0.29, 0.717) is 5.91 Å². The molecule has 0 atom stereocenters. The van der Waals surface area contributed by atoms with Crippen molar-refractivity contribution >= 4 is 5.91 Å². The first-order valence-electron chi connectivity index (χ1n) is 7.59. The molecule has 18 heavy (non-hydrogen) atoms. The third kappa shape index (κ3) is 4.60. The summed E-state index contributed by atoms with van der Waals surface area (Å²) in [7, 11) is 0. The average Bonchev–Trinajstić information content (AvgIpc) is 2.38. The van der Waals surface area contributed by atoms with E-state index >= 15 is 0 Å². The fourth-order valence-electron chi connectivity index (χ4n) is 2.53. The fraction of sp³-hybridized carbons (Fsp3) is 0.933. The Labute approximate surface area is 113 Å². The molecule has 1 aliphatic heterocycles. The number of rotatable bonds is 6. The molecule has 0 aliphatic carbocycles. The van der Waals surface area contributed by atoms with Gasteiger partial charge in [0.1, 0.15) is 0 Å². The highest BCUT2D eigenvalue weighted by molar-refractivity contribution is 5.78. The van der Waals surface area contributed by atoms with Crippen molar-refractivity contribution in [2.24, 2.45) is 11.8 Å². The standard InChI is InChI=1S/C15H30N2O/c1-5-14(6-2)15(18)17-11-9-16(10-12-17)8-7-13(3)4/h13-14H,5-12H2,1-4H3. The molecule has 3 heteroatoms. The minimum absolute atomic E-state index is 0.243. The Morgan fingerprint density at radius 3 is 2.06 bits per heavy atom. The molecule has 1 fully saturated rings. The molecule has 1 saturated heterocycles. The zero-order valence-corrected chi connectivity index (χ0v) is 12.6. The molecule has 0 aromatic rings. The summed E-state index contributed by atoms with van der Waals surface area (Å²) in [5.41, 5.74) is 0. The van der Waals surface area contributed by atoms with Crippen LogP contribution in [0.3, 0.4) is 0 Å². The minimum Gasteiger partial charge on any atom is -0.340 e. The number of amides is 1. The van der Waals surface area contributed by atoms with Crippen LogP contribution in [0.1, 0.15) is 47.0 Å². The van der Waals surface area contributed by atoms with Crippen LogP contribution in [0, 0.1) is 11.8 Å². The minimum atomic E-state index is 0.243. The van der Waals surface area contributed by atoms with Crippen LogP contribution in [0.2, 0.25) is 0 Å². The molecule has 0 bridgehead atoms. The molecule has 106 valence electrons. The summed E-state index contributed by atoms with van der Waals surface area (Å²) in [4.78, 5) is 16.8. The quantitative estimate of drug-likeness (QED) is 0.727. The lowest BCUT2D eigenvalue weighted by molar-refractivity contribution is -0.137. The van der Waals surface area contributed by atoms with Gasteiger partial charge in [-0.05, 0) is 31.7 Å². The summed E-state index contributed by atoms with van der Waals surface area (Å²) in [6, 6.07) is 0. The third-order valence-corrected chi connectivity index (χ3v) is 4.04. The first-order chi connectivity index (χ1) is 8.58. The molecular formula is C15H30N2O. The van der Waals surface area contributed by atoms with Gasteiger partial charge in [0.15, 0.2) is 0 Å². The van der Waals surface area contributed by atoms with E-state index in [2.05, 4.69) is 37.5 Å². The second-order valence-corrected chi connectivity index (χ2v) is 5.86. The normalized spacial score (nSPS) is 17.8. The lowest BCUT2D eigenvalue weighted by Crippen LogP contribution is -2.50. The van der Waals surface area contributed by atoms with Crippen molar-refractivity contribution in [1.29, 1.82) is 0 Å². The summed E-state index contributed by atoms with van der Waals surface area (Å²) in [6.07, 6.45) is 3.21. The van der Waals surface area contributed by atoms with Crippen LogP contribution in [0.5, 0.6) is 0 Å². The number of hydrogen-bond donors (Lipinski definition) is 0. The van der Waals surface area contributed by atoms with Gasteiger partial charge in [0.25, 0.3) is 0 Å². The van der Waals surface area contributed by atoms with E-state index in [0.717, 1.165) is 44.9 Å². The lowest BCUT2D eigenvalue weighted by Gasteiger charge is -2.36. The van der Waals surface area contributed by atoms with Gasteiger partial charge in [-0.15, -0.1) is 0 Å². The van der Waals surface area contributed by atoms with E-state index in [1.54, 1.807) is 0 Å². The van der Waals surface area contributed by atoms with E-state index in [-0.39, 0.29) is 5.92 Å². The van der Waals surface area contributed by atoms with Crippen molar-refractivity contribution in [2.45, 2.75) is 47.0 Å². The highest BCUT2D eigenvalue weighted by Crippen LogP contribution is 2.14. The van der Waals surface area contributed by atoms with Crippen molar-refractivity contribution in [3.8, 4) is 0 Å². The van der Waals surface area contributed by atoms with Crippen molar-refractivity contribution in [1.82, 2.24) is 9.80 Å². The van der Waals surface area contributed by atoms with E-state index in [1.165, 1.54) is 13.0 Å². The van der Waals surface area contributed by atoms with Gasteiger partial charge in [-0.3, -0.25) is 9.69 Å². The van der Waals surface area contributed by atoms with Gasteiger partial charge in [0.2, 0.25) is 5.91 Å². The summed E-state index contributed by atoms with van der Waals surface area (Å²) < 4.78 is 0. The van der Waals surface area contributed by atoms with Crippen LogP contribution in [-0.2, 0) is 4.79 Å². The van der Waals surface area contributed by atoms with Gasteiger partial charge in [-0.25, -0.2) is 0 Å².